The summed E-state index contributed by atoms with van der Waals surface area (Å²) in [6.45, 7) is 2.21. The smallest absolute Gasteiger partial charge is 0.407 e. The van der Waals surface area contributed by atoms with Crippen molar-refractivity contribution in [1.29, 1.82) is 0 Å². The molecule has 0 aromatic heterocycles. The van der Waals surface area contributed by atoms with Gasteiger partial charge in [0, 0.05) is 18.9 Å². The Balaban J connectivity index is 1.38. The molecule has 2 aromatic carbocycles. The van der Waals surface area contributed by atoms with Gasteiger partial charge in [0.2, 0.25) is 0 Å². The lowest BCUT2D eigenvalue weighted by molar-refractivity contribution is -0.144. The van der Waals surface area contributed by atoms with Crippen molar-refractivity contribution in [3.63, 3.8) is 0 Å². The van der Waals surface area contributed by atoms with Crippen LogP contribution in [0.4, 0.5) is 4.79 Å². The number of benzene rings is 2. The van der Waals surface area contributed by atoms with E-state index in [1.165, 1.54) is 22.3 Å². The number of nitrogens with one attached hydrogen (secondary N) is 1. The Morgan fingerprint density at radius 2 is 1.57 bits per heavy atom. The van der Waals surface area contributed by atoms with Crippen molar-refractivity contribution in [2.75, 3.05) is 19.8 Å². The summed E-state index contributed by atoms with van der Waals surface area (Å²) in [5.41, 5.74) is 4.74. The number of carbonyl (C=O) groups is 2. The average Bonchev–Trinajstić information content (AvgIpc) is 3.04. The van der Waals surface area contributed by atoms with Crippen LogP contribution in [0, 0.1) is 0 Å². The summed E-state index contributed by atoms with van der Waals surface area (Å²) in [5.74, 6) is -0.323. The molecule has 0 saturated carbocycles. The number of fused-ring (bicyclic) bond motifs is 3. The number of halogens is 2. The van der Waals surface area contributed by atoms with Crippen LogP contribution in [0.3, 0.4) is 0 Å². The van der Waals surface area contributed by atoms with E-state index in [-0.39, 0.29) is 31.5 Å². The van der Waals surface area contributed by atoms with E-state index in [2.05, 4.69) is 29.6 Å². The molecular formula is C23H25Cl2NO4. The molecular weight excluding hydrogens is 425 g/mol. The van der Waals surface area contributed by atoms with Gasteiger partial charge < -0.3 is 14.8 Å². The predicted molar refractivity (Wildman–Crippen MR) is 118 cm³/mol. The Morgan fingerprint density at radius 1 is 0.967 bits per heavy atom. The van der Waals surface area contributed by atoms with Gasteiger partial charge in [-0.2, -0.15) is 0 Å². The summed E-state index contributed by atoms with van der Waals surface area (Å²) in [4.78, 5) is 23.7. The molecule has 160 valence electrons. The number of hydrogen-bond acceptors (Lipinski definition) is 4. The number of alkyl carbamates (subject to hydrolysis) is 1. The number of alkyl halides is 2. The van der Waals surface area contributed by atoms with Gasteiger partial charge >= 0.3 is 12.1 Å². The zero-order chi connectivity index (χ0) is 21.6. The van der Waals surface area contributed by atoms with Crippen LogP contribution in [0.5, 0.6) is 0 Å². The molecule has 3 rings (SSSR count). The van der Waals surface area contributed by atoms with Crippen molar-refractivity contribution in [3.05, 3.63) is 59.7 Å². The molecule has 0 radical (unpaired) electrons. The SMILES string of the molecule is CC(Cl)(Cl)COC(=O)CCCCNC(=O)OCC1c2ccccc2-c2ccccc21. The number of carbonyl (C=O) groups excluding carboxylic acids is 2. The minimum absolute atomic E-state index is 0.0347. The topological polar surface area (TPSA) is 64.6 Å². The molecule has 0 heterocycles. The predicted octanol–water partition coefficient (Wildman–Crippen LogP) is 5.43. The molecule has 30 heavy (non-hydrogen) atoms. The van der Waals surface area contributed by atoms with Gasteiger partial charge in [0.15, 0.2) is 0 Å². The van der Waals surface area contributed by atoms with Gasteiger partial charge in [-0.1, -0.05) is 71.7 Å². The Bertz CT molecular complexity index is 849. The molecule has 1 amide bonds. The molecule has 0 bridgehead atoms. The highest BCUT2D eigenvalue weighted by atomic mass is 35.5. The number of unbranched alkanes of at least 4 members (excludes halogenated alkanes) is 1. The van der Waals surface area contributed by atoms with Gasteiger partial charge in [-0.15, -0.1) is 0 Å². The first-order valence-corrected chi connectivity index (χ1v) is 10.7. The third kappa shape index (κ3) is 6.13. The van der Waals surface area contributed by atoms with Gasteiger partial charge in [0.1, 0.15) is 17.5 Å². The molecule has 0 saturated heterocycles. The highest BCUT2D eigenvalue weighted by Gasteiger charge is 2.28. The van der Waals surface area contributed by atoms with Crippen molar-refractivity contribution in [2.45, 2.75) is 36.4 Å². The monoisotopic (exact) mass is 449 g/mol. The zero-order valence-electron chi connectivity index (χ0n) is 16.8. The second kappa shape index (κ2) is 10.2. The van der Waals surface area contributed by atoms with Crippen LogP contribution < -0.4 is 5.32 Å². The molecule has 7 heteroatoms. The number of amides is 1. The molecule has 1 aliphatic rings. The highest BCUT2D eigenvalue weighted by Crippen LogP contribution is 2.44. The Morgan fingerprint density at radius 3 is 2.17 bits per heavy atom. The van der Waals surface area contributed by atoms with Crippen LogP contribution in [0.15, 0.2) is 48.5 Å². The summed E-state index contributed by atoms with van der Waals surface area (Å²) >= 11 is 11.5. The lowest BCUT2D eigenvalue weighted by Crippen LogP contribution is -2.27. The van der Waals surface area contributed by atoms with Crippen LogP contribution in [-0.4, -0.2) is 36.2 Å². The zero-order valence-corrected chi connectivity index (χ0v) is 18.3. The Labute approximate surface area is 186 Å². The van der Waals surface area contributed by atoms with Crippen molar-refractivity contribution >= 4 is 35.3 Å². The first-order chi connectivity index (χ1) is 14.3. The summed E-state index contributed by atoms with van der Waals surface area (Å²) in [6, 6.07) is 16.4. The first kappa shape index (κ1) is 22.4. The third-order valence-electron chi connectivity index (χ3n) is 4.91. The maximum atomic E-state index is 12.1. The summed E-state index contributed by atoms with van der Waals surface area (Å²) in [7, 11) is 0. The quantitative estimate of drug-likeness (QED) is 0.314. The molecule has 0 aliphatic heterocycles. The molecule has 0 unspecified atom stereocenters. The van der Waals surface area contributed by atoms with E-state index in [1.807, 2.05) is 24.3 Å². The average molecular weight is 450 g/mol. The van der Waals surface area contributed by atoms with Gasteiger partial charge in [0.25, 0.3) is 0 Å². The van der Waals surface area contributed by atoms with Gasteiger partial charge in [-0.25, -0.2) is 4.79 Å². The van der Waals surface area contributed by atoms with E-state index in [9.17, 15) is 9.59 Å². The minimum atomic E-state index is -1.08. The van der Waals surface area contributed by atoms with Crippen LogP contribution in [0.2, 0.25) is 0 Å². The number of rotatable bonds is 9. The fourth-order valence-electron chi connectivity index (χ4n) is 3.51. The largest absolute Gasteiger partial charge is 0.462 e. The molecule has 2 aromatic rings. The summed E-state index contributed by atoms with van der Waals surface area (Å²) in [6.07, 6.45) is 1.01. The standard InChI is InChI=1S/C23H25Cl2NO4/c1-23(24,25)15-30-21(27)12-6-7-13-26-22(28)29-14-20-18-10-4-2-8-16(18)17-9-3-5-11-19(17)20/h2-5,8-11,20H,6-7,12-15H2,1H3,(H,26,28). The Hall–Kier alpha value is -2.24. The van der Waals surface area contributed by atoms with Crippen LogP contribution >= 0.6 is 23.2 Å². The second-order valence-electron chi connectivity index (χ2n) is 7.44. The van der Waals surface area contributed by atoms with Gasteiger partial charge in [0.05, 0.1) is 0 Å². The normalized spacial score (nSPS) is 12.8. The number of ether oxygens (including phenoxy) is 2. The van der Waals surface area contributed by atoms with Crippen LogP contribution in [0.25, 0.3) is 11.1 Å². The summed E-state index contributed by atoms with van der Waals surface area (Å²) < 4.78 is 9.36. The van der Waals surface area contributed by atoms with Gasteiger partial charge in [-0.3, -0.25) is 4.79 Å². The number of esters is 1. The molecule has 5 nitrogen and oxygen atoms in total. The Kier molecular flexibility index (Phi) is 7.62. The maximum absolute atomic E-state index is 12.1. The molecule has 1 N–H and O–H groups in total. The molecule has 0 fully saturated rings. The van der Waals surface area contributed by atoms with Crippen molar-refractivity contribution < 1.29 is 19.1 Å². The lowest BCUT2D eigenvalue weighted by atomic mass is 9.98. The minimum Gasteiger partial charge on any atom is -0.462 e. The van der Waals surface area contributed by atoms with E-state index in [0.29, 0.717) is 19.4 Å². The lowest BCUT2D eigenvalue weighted by Gasteiger charge is -2.14. The summed E-state index contributed by atoms with van der Waals surface area (Å²) in [5, 5.41) is 2.73. The van der Waals surface area contributed by atoms with Gasteiger partial charge in [-0.05, 0) is 42.0 Å². The van der Waals surface area contributed by atoms with Crippen LogP contribution in [0.1, 0.15) is 43.2 Å². The van der Waals surface area contributed by atoms with Crippen molar-refractivity contribution in [1.82, 2.24) is 5.32 Å². The van der Waals surface area contributed by atoms with Crippen molar-refractivity contribution in [3.8, 4) is 11.1 Å². The van der Waals surface area contributed by atoms with E-state index >= 15 is 0 Å². The molecule has 1 aliphatic carbocycles. The maximum Gasteiger partial charge on any atom is 0.407 e. The fraction of sp³-hybridized carbons (Fsp3) is 0.391. The molecule has 0 spiro atoms. The van der Waals surface area contributed by atoms with Crippen molar-refractivity contribution in [2.24, 2.45) is 0 Å². The highest BCUT2D eigenvalue weighted by molar-refractivity contribution is 6.48. The van der Waals surface area contributed by atoms with E-state index in [0.717, 1.165) is 0 Å². The van der Waals surface area contributed by atoms with E-state index in [1.54, 1.807) is 6.92 Å². The first-order valence-electron chi connectivity index (χ1n) is 9.97. The molecule has 0 atom stereocenters. The third-order valence-corrected chi connectivity index (χ3v) is 5.13. The number of hydrogen-bond donors (Lipinski definition) is 1. The second-order valence-corrected chi connectivity index (χ2v) is 9.30. The van der Waals surface area contributed by atoms with Crippen LogP contribution in [-0.2, 0) is 14.3 Å². The van der Waals surface area contributed by atoms with E-state index < -0.39 is 10.4 Å². The van der Waals surface area contributed by atoms with E-state index in [4.69, 9.17) is 32.7 Å². The fourth-order valence-corrected chi connectivity index (χ4v) is 3.62.